The number of rotatable bonds is 3. The Labute approximate surface area is 139 Å². The van der Waals surface area contributed by atoms with Crippen LogP contribution in [-0.2, 0) is 24.2 Å². The Balaban J connectivity index is 1.76. The normalized spacial score (nSPS) is 13.5. The van der Waals surface area contributed by atoms with E-state index in [1.54, 1.807) is 23.1 Å². The number of hydrogen-bond acceptors (Lipinski definition) is 2. The van der Waals surface area contributed by atoms with Crippen molar-refractivity contribution in [1.29, 1.82) is 0 Å². The number of hydrogen-bond donors (Lipinski definition) is 1. The van der Waals surface area contributed by atoms with E-state index in [2.05, 4.69) is 0 Å². The van der Waals surface area contributed by atoms with Crippen LogP contribution in [0.3, 0.4) is 0 Å². The van der Waals surface area contributed by atoms with Crippen LogP contribution in [0.5, 0.6) is 0 Å². The maximum atomic E-state index is 12.5. The molecule has 0 spiro atoms. The molecule has 0 radical (unpaired) electrons. The van der Waals surface area contributed by atoms with Gasteiger partial charge in [-0.05, 0) is 41.3 Å². The first-order valence-corrected chi connectivity index (χ1v) is 7.78. The molecule has 0 saturated carbocycles. The molecular formula is C18H16ClNO3. The molecule has 0 unspecified atom stereocenters. The number of carbonyl (C=O) groups is 2. The van der Waals surface area contributed by atoms with Crippen LogP contribution in [-0.4, -0.2) is 28.4 Å². The second-order valence-electron chi connectivity index (χ2n) is 5.62. The van der Waals surface area contributed by atoms with E-state index < -0.39 is 5.97 Å². The van der Waals surface area contributed by atoms with Crippen LogP contribution < -0.4 is 0 Å². The number of halogens is 1. The number of carboxylic acids is 1. The molecule has 4 nitrogen and oxygen atoms in total. The van der Waals surface area contributed by atoms with Gasteiger partial charge in [-0.2, -0.15) is 0 Å². The molecule has 5 heteroatoms. The number of carboxylic acid groups (broad SMARTS) is 1. The Morgan fingerprint density at radius 2 is 1.91 bits per heavy atom. The number of aromatic carboxylic acids is 1. The van der Waals surface area contributed by atoms with E-state index in [1.165, 1.54) is 0 Å². The van der Waals surface area contributed by atoms with Crippen molar-refractivity contribution in [3.63, 3.8) is 0 Å². The summed E-state index contributed by atoms with van der Waals surface area (Å²) in [5.41, 5.74) is 3.08. The number of nitrogens with zero attached hydrogens (tertiary/aromatic N) is 1. The Kier molecular flexibility index (Phi) is 4.35. The Morgan fingerprint density at radius 1 is 1.13 bits per heavy atom. The van der Waals surface area contributed by atoms with Crippen molar-refractivity contribution in [2.75, 3.05) is 6.54 Å². The Hall–Kier alpha value is -2.33. The molecule has 1 aliphatic heterocycles. The highest BCUT2D eigenvalue weighted by molar-refractivity contribution is 6.31. The van der Waals surface area contributed by atoms with E-state index in [0.29, 0.717) is 18.1 Å². The third-order valence-electron chi connectivity index (χ3n) is 4.12. The average molecular weight is 330 g/mol. The minimum atomic E-state index is -0.952. The molecule has 0 atom stereocenters. The second-order valence-corrected chi connectivity index (χ2v) is 6.03. The predicted molar refractivity (Wildman–Crippen MR) is 87.7 cm³/mol. The number of amides is 1. The second kappa shape index (κ2) is 6.42. The average Bonchev–Trinajstić information content (AvgIpc) is 2.55. The molecule has 0 aromatic heterocycles. The maximum Gasteiger partial charge on any atom is 0.335 e. The molecule has 1 amide bonds. The largest absolute Gasteiger partial charge is 0.478 e. The Morgan fingerprint density at radius 3 is 2.65 bits per heavy atom. The molecule has 1 N–H and O–H groups in total. The van der Waals surface area contributed by atoms with Gasteiger partial charge in [0.25, 0.3) is 0 Å². The van der Waals surface area contributed by atoms with Gasteiger partial charge in [-0.15, -0.1) is 0 Å². The van der Waals surface area contributed by atoms with Gasteiger partial charge in [0, 0.05) is 18.1 Å². The quantitative estimate of drug-likeness (QED) is 0.941. The van der Waals surface area contributed by atoms with Gasteiger partial charge in [-0.25, -0.2) is 4.79 Å². The molecule has 2 aromatic carbocycles. The van der Waals surface area contributed by atoms with Crippen molar-refractivity contribution in [1.82, 2.24) is 4.90 Å². The summed E-state index contributed by atoms with van der Waals surface area (Å²) in [6, 6.07) is 12.4. The van der Waals surface area contributed by atoms with Gasteiger partial charge in [0.1, 0.15) is 0 Å². The van der Waals surface area contributed by atoms with Gasteiger partial charge in [0.15, 0.2) is 0 Å². The van der Waals surface area contributed by atoms with Gasteiger partial charge < -0.3 is 10.0 Å². The van der Waals surface area contributed by atoms with E-state index in [1.807, 2.05) is 24.3 Å². The van der Waals surface area contributed by atoms with Crippen molar-refractivity contribution >= 4 is 23.5 Å². The zero-order valence-corrected chi connectivity index (χ0v) is 13.2. The summed E-state index contributed by atoms with van der Waals surface area (Å²) < 4.78 is 0. The lowest BCUT2D eigenvalue weighted by Gasteiger charge is -2.29. The number of fused-ring (bicyclic) bond motifs is 1. The van der Waals surface area contributed by atoms with Crippen LogP contribution in [0, 0.1) is 0 Å². The first-order chi connectivity index (χ1) is 11.0. The van der Waals surface area contributed by atoms with E-state index >= 15 is 0 Å². The predicted octanol–water partition coefficient (Wildman–Crippen LogP) is 3.17. The standard InChI is InChI=1S/C18H16ClNO3/c19-16-4-2-1-3-13(16)10-17(21)20-8-7-12-5-6-14(18(22)23)9-15(12)11-20/h1-6,9H,7-8,10-11H2,(H,22,23). The van der Waals surface area contributed by atoms with E-state index in [9.17, 15) is 9.59 Å². The van der Waals surface area contributed by atoms with Crippen molar-refractivity contribution in [2.45, 2.75) is 19.4 Å². The van der Waals surface area contributed by atoms with Crippen molar-refractivity contribution in [3.05, 3.63) is 69.7 Å². The van der Waals surface area contributed by atoms with Crippen molar-refractivity contribution < 1.29 is 14.7 Å². The zero-order chi connectivity index (χ0) is 16.4. The van der Waals surface area contributed by atoms with Gasteiger partial charge in [-0.1, -0.05) is 35.9 Å². The molecule has 0 saturated heterocycles. The van der Waals surface area contributed by atoms with Crippen LogP contribution in [0.15, 0.2) is 42.5 Å². The maximum absolute atomic E-state index is 12.5. The third-order valence-corrected chi connectivity index (χ3v) is 4.49. The summed E-state index contributed by atoms with van der Waals surface area (Å²) in [7, 11) is 0. The van der Waals surface area contributed by atoms with Gasteiger partial charge >= 0.3 is 5.97 Å². The van der Waals surface area contributed by atoms with Crippen LogP contribution in [0.2, 0.25) is 5.02 Å². The SMILES string of the molecule is O=C(O)c1ccc2c(c1)CN(C(=O)Cc1ccccc1Cl)CC2. The summed E-state index contributed by atoms with van der Waals surface area (Å²) >= 11 is 6.11. The third kappa shape index (κ3) is 3.37. The lowest BCUT2D eigenvalue weighted by molar-refractivity contribution is -0.131. The molecule has 2 aromatic rings. The topological polar surface area (TPSA) is 57.6 Å². The van der Waals surface area contributed by atoms with E-state index in [0.717, 1.165) is 23.1 Å². The molecule has 1 aliphatic rings. The highest BCUT2D eigenvalue weighted by Gasteiger charge is 2.22. The van der Waals surface area contributed by atoms with Crippen LogP contribution in [0.1, 0.15) is 27.0 Å². The van der Waals surface area contributed by atoms with Gasteiger partial charge in [-0.3, -0.25) is 4.79 Å². The van der Waals surface area contributed by atoms with Crippen molar-refractivity contribution in [2.24, 2.45) is 0 Å². The monoisotopic (exact) mass is 329 g/mol. The molecule has 23 heavy (non-hydrogen) atoms. The smallest absolute Gasteiger partial charge is 0.335 e. The Bertz CT molecular complexity index is 773. The fourth-order valence-electron chi connectivity index (χ4n) is 2.82. The first-order valence-electron chi connectivity index (χ1n) is 7.41. The number of carbonyl (C=O) groups excluding carboxylic acids is 1. The highest BCUT2D eigenvalue weighted by atomic mass is 35.5. The summed E-state index contributed by atoms with van der Waals surface area (Å²) in [5.74, 6) is -0.947. The lowest BCUT2D eigenvalue weighted by atomic mass is 9.97. The van der Waals surface area contributed by atoms with E-state index in [-0.39, 0.29) is 17.9 Å². The highest BCUT2D eigenvalue weighted by Crippen LogP contribution is 2.22. The van der Waals surface area contributed by atoms with E-state index in [4.69, 9.17) is 16.7 Å². The minimum Gasteiger partial charge on any atom is -0.478 e. The van der Waals surface area contributed by atoms with Gasteiger partial charge in [0.2, 0.25) is 5.91 Å². The molecular weight excluding hydrogens is 314 g/mol. The fraction of sp³-hybridized carbons (Fsp3) is 0.222. The number of benzene rings is 2. The first kappa shape index (κ1) is 15.6. The molecule has 1 heterocycles. The molecule has 0 fully saturated rings. The summed E-state index contributed by atoms with van der Waals surface area (Å²) in [5, 5.41) is 9.68. The minimum absolute atomic E-state index is 0.00415. The molecule has 118 valence electrons. The fourth-order valence-corrected chi connectivity index (χ4v) is 3.02. The van der Waals surface area contributed by atoms with Crippen LogP contribution in [0.25, 0.3) is 0 Å². The lowest BCUT2D eigenvalue weighted by Crippen LogP contribution is -2.37. The van der Waals surface area contributed by atoms with Crippen molar-refractivity contribution in [3.8, 4) is 0 Å². The molecule has 3 rings (SSSR count). The van der Waals surface area contributed by atoms with Crippen LogP contribution in [0.4, 0.5) is 0 Å². The summed E-state index contributed by atoms with van der Waals surface area (Å²) in [6.45, 7) is 1.09. The zero-order valence-electron chi connectivity index (χ0n) is 12.5. The summed E-state index contributed by atoms with van der Waals surface area (Å²) in [4.78, 5) is 25.3. The van der Waals surface area contributed by atoms with Crippen LogP contribution >= 0.6 is 11.6 Å². The molecule has 0 aliphatic carbocycles. The van der Waals surface area contributed by atoms with Gasteiger partial charge in [0.05, 0.1) is 12.0 Å². The summed E-state index contributed by atoms with van der Waals surface area (Å²) in [6.07, 6.45) is 0.997. The molecule has 0 bridgehead atoms.